The number of carbonyl (C=O) groups is 2. The summed E-state index contributed by atoms with van der Waals surface area (Å²) in [5.74, 6) is -1.82. The number of esters is 1. The van der Waals surface area contributed by atoms with E-state index in [1.807, 2.05) is 26.8 Å². The van der Waals surface area contributed by atoms with Crippen LogP contribution in [0.25, 0.3) is 0 Å². The summed E-state index contributed by atoms with van der Waals surface area (Å²) < 4.78 is 64.8. The summed E-state index contributed by atoms with van der Waals surface area (Å²) in [6.45, 7) is 8.08. The van der Waals surface area contributed by atoms with Crippen LogP contribution in [0.2, 0.25) is 0 Å². The van der Waals surface area contributed by atoms with Gasteiger partial charge < -0.3 is 48.1 Å². The van der Waals surface area contributed by atoms with Crippen LogP contribution in [-0.4, -0.2) is 125 Å². The number of fused-ring (bicyclic) bond motifs is 8. The second kappa shape index (κ2) is 19.9. The van der Waals surface area contributed by atoms with E-state index in [4.69, 9.17) is 42.9 Å². The van der Waals surface area contributed by atoms with E-state index in [1.54, 1.807) is 38.7 Å². The Balaban J connectivity index is 1.13. The van der Waals surface area contributed by atoms with E-state index in [9.17, 15) is 9.18 Å². The summed E-state index contributed by atoms with van der Waals surface area (Å²) in [5, 5.41) is 4.00. The molecule has 3 aliphatic heterocycles. The second-order valence-corrected chi connectivity index (χ2v) is 19.9. The first-order valence-corrected chi connectivity index (χ1v) is 24.0. The Morgan fingerprint density at radius 1 is 0.921 bits per heavy atom. The quantitative estimate of drug-likeness (QED) is 0.219. The van der Waals surface area contributed by atoms with Crippen molar-refractivity contribution in [2.75, 3.05) is 40.7 Å². The first-order chi connectivity index (χ1) is 30.3. The van der Waals surface area contributed by atoms with Crippen molar-refractivity contribution in [2.45, 2.75) is 165 Å². The number of benzene rings is 1. The van der Waals surface area contributed by atoms with E-state index in [0.29, 0.717) is 54.5 Å². The van der Waals surface area contributed by atoms with Gasteiger partial charge in [-0.3, -0.25) is 9.59 Å². The van der Waals surface area contributed by atoms with Crippen LogP contribution in [0.5, 0.6) is 0 Å². The first-order valence-electron chi connectivity index (χ1n) is 23.2. The zero-order chi connectivity index (χ0) is 44.7. The monoisotopic (exact) mass is 897 g/mol. The molecule has 13 nitrogen and oxygen atoms in total. The van der Waals surface area contributed by atoms with E-state index in [-0.39, 0.29) is 84.3 Å². The van der Waals surface area contributed by atoms with Crippen molar-refractivity contribution in [3.05, 3.63) is 52.3 Å². The van der Waals surface area contributed by atoms with E-state index < -0.39 is 36.6 Å². The molecule has 8 rings (SSSR count). The molecule has 1 aromatic carbocycles. The number of hydrogen-bond acceptors (Lipinski definition) is 14. The van der Waals surface area contributed by atoms with Crippen LogP contribution in [-0.2, 0) is 47.5 Å². The molecule has 0 amide bonds. The zero-order valence-electron chi connectivity index (χ0n) is 38.3. The van der Waals surface area contributed by atoms with Crippen molar-refractivity contribution in [1.82, 2.24) is 9.88 Å². The number of cyclic esters (lactones) is 1. The maximum Gasteiger partial charge on any atom is 0.306 e. The van der Waals surface area contributed by atoms with Gasteiger partial charge >= 0.3 is 5.97 Å². The fraction of sp³-hybridized carbons (Fsp3) is 0.729. The van der Waals surface area contributed by atoms with Crippen LogP contribution < -0.4 is 5.32 Å². The van der Waals surface area contributed by atoms with E-state index >= 15 is 4.79 Å². The summed E-state index contributed by atoms with van der Waals surface area (Å²) in [7, 11) is 9.07. The van der Waals surface area contributed by atoms with E-state index in [2.05, 4.69) is 37.3 Å². The molecule has 1 saturated carbocycles. The lowest BCUT2D eigenvalue weighted by Crippen LogP contribution is -2.59. The molecule has 1 aromatic heterocycles. The number of anilines is 2. The predicted molar refractivity (Wildman–Crippen MR) is 235 cm³/mol. The summed E-state index contributed by atoms with van der Waals surface area (Å²) in [5.41, 5.74) is 2.12. The molecule has 0 radical (unpaired) electrons. The first kappa shape index (κ1) is 46.7. The minimum absolute atomic E-state index is 0.00193. The molecule has 4 fully saturated rings. The summed E-state index contributed by atoms with van der Waals surface area (Å²) >= 11 is 1.56. The van der Waals surface area contributed by atoms with Gasteiger partial charge in [0.25, 0.3) is 0 Å². The van der Waals surface area contributed by atoms with Gasteiger partial charge in [0.15, 0.2) is 23.5 Å². The van der Waals surface area contributed by atoms with Crippen LogP contribution in [0.15, 0.2) is 35.9 Å². The smallest absolute Gasteiger partial charge is 0.306 e. The standard InChI is InChI=1S/C48H68FN3O10S/c1-10-29-15-12-16-37(62-39-18-17-36(52(5)6)25(3)58-39)24(2)42(54)34-22-32-31-20-30(61-47-45(57-9)44(56-8)43(55-7)26(4)59-47)21-35(31)46-41(40(32)33(34)23-38(53)60-29)51-48(63-46)50-28-14-11-13-27(49)19-28/h11,13-14,19,22,24-26,29-33,35-37,39-40,43-45,47H,10,12,15-18,20-21,23H2,1-9H3,(H,50,51)/t24-,25?,26?,29+,30+,31+,32+,33-,35?,36+,37+,39+,40?,43+,44?,45?,47+/m1/s1. The van der Waals surface area contributed by atoms with Crippen LogP contribution >= 0.6 is 11.3 Å². The fourth-order valence-corrected chi connectivity index (χ4v) is 13.0. The molecule has 3 aliphatic carbocycles. The summed E-state index contributed by atoms with van der Waals surface area (Å²) in [6.07, 6.45) is 4.58. The van der Waals surface area contributed by atoms with Crippen molar-refractivity contribution < 1.29 is 51.9 Å². The van der Waals surface area contributed by atoms with Crippen molar-refractivity contribution in [2.24, 2.45) is 23.7 Å². The number of hydrogen-bond donors (Lipinski definition) is 1. The van der Waals surface area contributed by atoms with Gasteiger partial charge in [-0.25, -0.2) is 9.37 Å². The number of carbonyl (C=O) groups excluding carboxylic acids is 2. The maximum absolute atomic E-state index is 15.2. The Morgan fingerprint density at radius 3 is 2.40 bits per heavy atom. The highest BCUT2D eigenvalue weighted by atomic mass is 32.1. The molecule has 2 aromatic rings. The van der Waals surface area contributed by atoms with Gasteiger partial charge in [-0.1, -0.05) is 26.0 Å². The fourth-order valence-electron chi connectivity index (χ4n) is 11.8. The Hall–Kier alpha value is -2.86. The van der Waals surface area contributed by atoms with E-state index in [0.717, 1.165) is 29.8 Å². The van der Waals surface area contributed by atoms with Crippen LogP contribution in [0, 0.1) is 29.5 Å². The van der Waals surface area contributed by atoms with Gasteiger partial charge in [0.05, 0.1) is 36.5 Å². The van der Waals surface area contributed by atoms with E-state index in [1.165, 1.54) is 12.1 Å². The Morgan fingerprint density at radius 2 is 1.70 bits per heavy atom. The van der Waals surface area contributed by atoms with Gasteiger partial charge in [-0.15, -0.1) is 11.3 Å². The number of Topliss-reactive ketones (excluding diaryl/α,β-unsaturated/α-hetero) is 1. The molecular weight excluding hydrogens is 830 g/mol. The van der Waals surface area contributed by atoms with Gasteiger partial charge in [0, 0.05) is 61.6 Å². The topological polar surface area (TPSA) is 136 Å². The van der Waals surface area contributed by atoms with Gasteiger partial charge in [0.2, 0.25) is 0 Å². The number of rotatable bonds is 11. The third-order valence-electron chi connectivity index (χ3n) is 15.0. The van der Waals surface area contributed by atoms with Gasteiger partial charge in [-0.05, 0) is 115 Å². The summed E-state index contributed by atoms with van der Waals surface area (Å²) in [6, 6.07) is 6.63. The minimum Gasteiger partial charge on any atom is -0.462 e. The maximum atomic E-state index is 15.2. The molecule has 63 heavy (non-hydrogen) atoms. The average Bonchev–Trinajstić information content (AvgIpc) is 3.97. The second-order valence-electron chi connectivity index (χ2n) is 18.9. The molecule has 17 atom stereocenters. The number of nitrogens with zero attached hydrogens (tertiary/aromatic N) is 2. The molecule has 4 heterocycles. The number of likely N-dealkylation sites (N-methyl/N-ethyl adjacent to an activating group) is 1. The highest BCUT2D eigenvalue weighted by Gasteiger charge is 2.57. The Kier molecular flexibility index (Phi) is 14.8. The zero-order valence-corrected chi connectivity index (χ0v) is 39.1. The lowest BCUT2D eigenvalue weighted by atomic mass is 9.67. The lowest BCUT2D eigenvalue weighted by molar-refractivity contribution is -0.314. The van der Waals surface area contributed by atoms with Crippen molar-refractivity contribution in [1.29, 1.82) is 0 Å². The predicted octanol–water partition coefficient (Wildman–Crippen LogP) is 7.91. The number of ketones is 1. The van der Waals surface area contributed by atoms with Gasteiger partial charge in [0.1, 0.15) is 30.2 Å². The molecule has 6 unspecified atom stereocenters. The van der Waals surface area contributed by atoms with Crippen LogP contribution in [0.4, 0.5) is 15.2 Å². The molecule has 15 heteroatoms. The largest absolute Gasteiger partial charge is 0.462 e. The molecule has 348 valence electrons. The van der Waals surface area contributed by atoms with Crippen molar-refractivity contribution in [3.63, 3.8) is 0 Å². The van der Waals surface area contributed by atoms with Crippen LogP contribution in [0.3, 0.4) is 0 Å². The average molecular weight is 898 g/mol. The number of nitrogens with one attached hydrogen (secondary N) is 1. The minimum atomic E-state index is -0.698. The van der Waals surface area contributed by atoms with Crippen LogP contribution in [0.1, 0.15) is 108 Å². The Bertz CT molecular complexity index is 1950. The number of thiazole rings is 1. The molecule has 0 spiro atoms. The normalized spacial score (nSPS) is 39.6. The van der Waals surface area contributed by atoms with Crippen molar-refractivity contribution >= 4 is 33.9 Å². The number of allylic oxidation sites excluding steroid dienone is 2. The number of ether oxygens (including phenoxy) is 8. The highest BCUT2D eigenvalue weighted by Crippen LogP contribution is 2.63. The highest BCUT2D eigenvalue weighted by molar-refractivity contribution is 7.15. The molecule has 1 N–H and O–H groups in total. The molecular formula is C48H68FN3O10S. The SMILES string of the molecule is CC[C@H]1CCC[C@H](O[C@H]2CC[C@H](N(C)C)C(C)O2)[C@@H](C)C(=O)C2=C[C@@H]3C(c4nc(Nc5cccc(F)c5)sc4C4C[C@@H](O[C@@H]5OC(C)[C@H](OC)C(OC)C5OC)C[C@H]43)[C@@H]2CC(=O)O1. The van der Waals surface area contributed by atoms with Gasteiger partial charge in [-0.2, -0.15) is 0 Å². The summed E-state index contributed by atoms with van der Waals surface area (Å²) in [4.78, 5) is 37.8. The lowest BCUT2D eigenvalue weighted by Gasteiger charge is -2.44. The molecule has 0 bridgehead atoms. The molecule has 6 aliphatic rings. The third-order valence-corrected chi connectivity index (χ3v) is 16.1. The Labute approximate surface area is 376 Å². The number of methoxy groups -OCH3 is 3. The number of aromatic nitrogens is 1. The number of halogens is 1. The third kappa shape index (κ3) is 9.56. The molecule has 3 saturated heterocycles. The van der Waals surface area contributed by atoms with Crippen molar-refractivity contribution in [3.8, 4) is 0 Å².